The lowest BCUT2D eigenvalue weighted by Gasteiger charge is -2.35. The molecule has 0 unspecified atom stereocenters. The second kappa shape index (κ2) is 8.86. The Morgan fingerprint density at radius 1 is 1.18 bits per heavy atom. The normalized spacial score (nSPS) is 27.4. The molecule has 1 aliphatic carbocycles. The molecular formula is C21H28N4O3. The summed E-state index contributed by atoms with van der Waals surface area (Å²) in [6.45, 7) is 3.27. The molecule has 2 aliphatic rings. The lowest BCUT2D eigenvalue weighted by atomic mass is 9.77. The minimum Gasteiger partial charge on any atom is -0.491 e. The molecule has 0 spiro atoms. The van der Waals surface area contributed by atoms with E-state index in [1.165, 1.54) is 5.56 Å². The van der Waals surface area contributed by atoms with E-state index in [0.717, 1.165) is 44.0 Å². The van der Waals surface area contributed by atoms with Crippen molar-refractivity contribution in [3.63, 3.8) is 0 Å². The van der Waals surface area contributed by atoms with Gasteiger partial charge >= 0.3 is 0 Å². The van der Waals surface area contributed by atoms with E-state index in [1.807, 2.05) is 18.2 Å². The van der Waals surface area contributed by atoms with E-state index < -0.39 is 0 Å². The highest BCUT2D eigenvalue weighted by atomic mass is 16.5. The molecule has 1 aliphatic heterocycles. The third-order valence-electron chi connectivity index (χ3n) is 5.78. The van der Waals surface area contributed by atoms with Crippen LogP contribution in [0.3, 0.4) is 0 Å². The summed E-state index contributed by atoms with van der Waals surface area (Å²) in [5, 5.41) is 22.9. The van der Waals surface area contributed by atoms with E-state index in [2.05, 4.69) is 26.3 Å². The summed E-state index contributed by atoms with van der Waals surface area (Å²) in [4.78, 5) is 10.8. The standard InChI is InChI=1S/C21H28N4O3/c26-6-7-28-18-3-1-2-15(8-18)12-25-13-16-9-19(20(27)10-17(16)14-25)24-21-11-22-4-5-23-21/h1-5,8,11,16-17,19-20,26-27H,6-7,9-10,12-14H2,(H,23,24)/t16-,17+,19-,20-/m1/s1. The molecule has 2 heterocycles. The molecule has 4 rings (SSSR count). The fourth-order valence-corrected chi connectivity index (χ4v) is 4.53. The molecule has 1 aromatic carbocycles. The summed E-state index contributed by atoms with van der Waals surface area (Å²) in [7, 11) is 0. The summed E-state index contributed by atoms with van der Waals surface area (Å²) in [6, 6.07) is 8.09. The third kappa shape index (κ3) is 4.60. The average molecular weight is 384 g/mol. The molecule has 1 aromatic heterocycles. The number of nitrogens with zero attached hydrogens (tertiary/aromatic N) is 3. The Morgan fingerprint density at radius 3 is 2.82 bits per heavy atom. The van der Waals surface area contributed by atoms with Crippen molar-refractivity contribution in [2.75, 3.05) is 31.6 Å². The van der Waals surface area contributed by atoms with Crippen molar-refractivity contribution < 1.29 is 14.9 Å². The number of benzene rings is 1. The number of fused-ring (bicyclic) bond motifs is 1. The maximum absolute atomic E-state index is 10.6. The van der Waals surface area contributed by atoms with Gasteiger partial charge in [-0.15, -0.1) is 0 Å². The fourth-order valence-electron chi connectivity index (χ4n) is 4.53. The summed E-state index contributed by atoms with van der Waals surface area (Å²) in [5.41, 5.74) is 1.21. The van der Waals surface area contributed by atoms with Crippen molar-refractivity contribution in [3.8, 4) is 5.75 Å². The van der Waals surface area contributed by atoms with Crippen LogP contribution in [0.25, 0.3) is 0 Å². The molecule has 150 valence electrons. The summed E-state index contributed by atoms with van der Waals surface area (Å²) in [5.74, 6) is 2.63. The van der Waals surface area contributed by atoms with E-state index in [-0.39, 0.29) is 18.8 Å². The third-order valence-corrected chi connectivity index (χ3v) is 5.78. The maximum atomic E-state index is 10.6. The van der Waals surface area contributed by atoms with E-state index in [9.17, 15) is 5.11 Å². The molecule has 3 N–H and O–H groups in total. The van der Waals surface area contributed by atoms with Gasteiger partial charge in [-0.3, -0.25) is 9.88 Å². The van der Waals surface area contributed by atoms with E-state index in [4.69, 9.17) is 9.84 Å². The molecule has 0 amide bonds. The zero-order valence-electron chi connectivity index (χ0n) is 15.9. The highest BCUT2D eigenvalue weighted by Gasteiger charge is 2.41. The van der Waals surface area contributed by atoms with Crippen molar-refractivity contribution in [2.24, 2.45) is 11.8 Å². The Hall–Kier alpha value is -2.22. The van der Waals surface area contributed by atoms with Crippen LogP contribution in [-0.4, -0.2) is 63.5 Å². The monoisotopic (exact) mass is 384 g/mol. The average Bonchev–Trinajstić information content (AvgIpc) is 3.08. The molecule has 2 fully saturated rings. The summed E-state index contributed by atoms with van der Waals surface area (Å²) in [6.07, 6.45) is 6.41. The number of aliphatic hydroxyl groups is 2. The zero-order valence-corrected chi connectivity index (χ0v) is 15.9. The quantitative estimate of drug-likeness (QED) is 0.667. The van der Waals surface area contributed by atoms with Gasteiger partial charge in [0.15, 0.2) is 0 Å². The van der Waals surface area contributed by atoms with Gasteiger partial charge in [0.1, 0.15) is 18.2 Å². The fraction of sp³-hybridized carbons (Fsp3) is 0.524. The van der Waals surface area contributed by atoms with Crippen LogP contribution in [-0.2, 0) is 6.54 Å². The van der Waals surface area contributed by atoms with Crippen LogP contribution in [0.15, 0.2) is 42.9 Å². The highest BCUT2D eigenvalue weighted by Crippen LogP contribution is 2.38. The summed E-state index contributed by atoms with van der Waals surface area (Å²) < 4.78 is 5.52. The molecule has 28 heavy (non-hydrogen) atoms. The van der Waals surface area contributed by atoms with Crippen molar-refractivity contribution in [3.05, 3.63) is 48.4 Å². The molecule has 7 heteroatoms. The van der Waals surface area contributed by atoms with Crippen LogP contribution >= 0.6 is 0 Å². The molecule has 2 aromatic rings. The Bertz CT molecular complexity index is 760. The first kappa shape index (κ1) is 19.1. The minimum absolute atomic E-state index is 0.0196. The minimum atomic E-state index is -0.363. The van der Waals surface area contributed by atoms with Gasteiger partial charge in [-0.1, -0.05) is 12.1 Å². The first-order valence-electron chi connectivity index (χ1n) is 9.97. The number of hydrogen-bond donors (Lipinski definition) is 3. The summed E-state index contributed by atoms with van der Waals surface area (Å²) >= 11 is 0. The maximum Gasteiger partial charge on any atom is 0.144 e. The van der Waals surface area contributed by atoms with Gasteiger partial charge in [0.2, 0.25) is 0 Å². The second-order valence-electron chi connectivity index (χ2n) is 7.81. The van der Waals surface area contributed by atoms with E-state index >= 15 is 0 Å². The smallest absolute Gasteiger partial charge is 0.144 e. The van der Waals surface area contributed by atoms with Crippen molar-refractivity contribution in [2.45, 2.75) is 31.5 Å². The Kier molecular flexibility index (Phi) is 6.04. The van der Waals surface area contributed by atoms with Gasteiger partial charge in [0.05, 0.1) is 24.9 Å². The van der Waals surface area contributed by atoms with Gasteiger partial charge in [-0.05, 0) is 42.4 Å². The highest BCUT2D eigenvalue weighted by molar-refractivity contribution is 5.32. The Morgan fingerprint density at radius 2 is 2.04 bits per heavy atom. The van der Waals surface area contributed by atoms with Gasteiger partial charge in [0.25, 0.3) is 0 Å². The first-order valence-corrected chi connectivity index (χ1v) is 9.97. The van der Waals surface area contributed by atoms with Crippen LogP contribution in [0.4, 0.5) is 5.82 Å². The van der Waals surface area contributed by atoms with Gasteiger partial charge in [-0.2, -0.15) is 0 Å². The number of nitrogens with one attached hydrogen (secondary N) is 1. The van der Waals surface area contributed by atoms with Crippen LogP contribution in [0, 0.1) is 11.8 Å². The molecule has 7 nitrogen and oxygen atoms in total. The predicted octanol–water partition coefficient (Wildman–Crippen LogP) is 1.53. The molecule has 4 atom stereocenters. The van der Waals surface area contributed by atoms with Crippen molar-refractivity contribution in [1.29, 1.82) is 0 Å². The molecule has 0 bridgehead atoms. The topological polar surface area (TPSA) is 90.7 Å². The number of likely N-dealkylation sites (tertiary alicyclic amines) is 1. The Labute approximate surface area is 165 Å². The molecule has 0 radical (unpaired) electrons. The van der Waals surface area contributed by atoms with Crippen molar-refractivity contribution >= 4 is 5.82 Å². The lowest BCUT2D eigenvalue weighted by Crippen LogP contribution is -2.43. The number of rotatable bonds is 7. The SMILES string of the molecule is OCCOc1cccc(CN2C[C@H]3C[C@@H](Nc4cnccn4)[C@H](O)C[C@H]3C2)c1. The second-order valence-corrected chi connectivity index (χ2v) is 7.81. The van der Waals surface area contributed by atoms with Gasteiger partial charge < -0.3 is 20.3 Å². The number of aliphatic hydroxyl groups excluding tert-OH is 2. The van der Waals surface area contributed by atoms with Gasteiger partial charge in [-0.25, -0.2) is 4.98 Å². The number of anilines is 1. The Balaban J connectivity index is 1.34. The number of hydrogen-bond acceptors (Lipinski definition) is 7. The van der Waals surface area contributed by atoms with Gasteiger partial charge in [0, 0.05) is 32.0 Å². The van der Waals surface area contributed by atoms with Crippen LogP contribution < -0.4 is 10.1 Å². The molecule has 1 saturated carbocycles. The molecular weight excluding hydrogens is 356 g/mol. The van der Waals surface area contributed by atoms with E-state index in [0.29, 0.717) is 18.4 Å². The number of ether oxygens (including phenoxy) is 1. The zero-order chi connectivity index (χ0) is 19.3. The van der Waals surface area contributed by atoms with Crippen LogP contribution in [0.5, 0.6) is 5.75 Å². The number of aromatic nitrogens is 2. The first-order chi connectivity index (χ1) is 13.7. The van der Waals surface area contributed by atoms with Crippen LogP contribution in [0.1, 0.15) is 18.4 Å². The van der Waals surface area contributed by atoms with E-state index in [1.54, 1.807) is 18.6 Å². The lowest BCUT2D eigenvalue weighted by molar-refractivity contribution is 0.0735. The van der Waals surface area contributed by atoms with Crippen LogP contribution in [0.2, 0.25) is 0 Å². The van der Waals surface area contributed by atoms with Crippen molar-refractivity contribution in [1.82, 2.24) is 14.9 Å². The predicted molar refractivity (Wildman–Crippen MR) is 106 cm³/mol. The molecule has 1 saturated heterocycles. The largest absolute Gasteiger partial charge is 0.491 e.